The first-order valence-electron chi connectivity index (χ1n) is 9.08. The molecule has 2 aromatic carbocycles. The van der Waals surface area contributed by atoms with E-state index >= 15 is 0 Å². The number of carbonyl (C=O) groups excluding carboxylic acids is 1. The first kappa shape index (κ1) is 20.5. The lowest BCUT2D eigenvalue weighted by atomic mass is 10.1. The van der Waals surface area contributed by atoms with E-state index in [-0.39, 0.29) is 16.5 Å². The third-order valence-electron chi connectivity index (χ3n) is 4.78. The molecule has 0 radical (unpaired) electrons. The van der Waals surface area contributed by atoms with Crippen LogP contribution in [0.1, 0.15) is 35.2 Å². The van der Waals surface area contributed by atoms with Gasteiger partial charge in [-0.1, -0.05) is 11.6 Å². The molecule has 150 valence electrons. The summed E-state index contributed by atoms with van der Waals surface area (Å²) in [6.45, 7) is 3.11. The molecule has 8 heteroatoms. The van der Waals surface area contributed by atoms with Gasteiger partial charge in [0.25, 0.3) is 15.9 Å². The Morgan fingerprint density at radius 3 is 2.46 bits per heavy atom. The minimum atomic E-state index is -3.90. The fourth-order valence-corrected chi connectivity index (χ4v) is 4.60. The number of amides is 1. The maximum Gasteiger partial charge on any atom is 0.261 e. The fourth-order valence-electron chi connectivity index (χ4n) is 3.28. The highest BCUT2D eigenvalue weighted by molar-refractivity contribution is 7.92. The highest BCUT2D eigenvalue weighted by Crippen LogP contribution is 2.28. The summed E-state index contributed by atoms with van der Waals surface area (Å²) in [6, 6.07) is 9.21. The number of hydrogen-bond acceptors (Lipinski definition) is 4. The fraction of sp³-hybridized carbons (Fsp3) is 0.350. The number of benzene rings is 2. The Hall–Kier alpha value is -2.25. The van der Waals surface area contributed by atoms with Crippen LogP contribution in [0.2, 0.25) is 5.02 Å². The van der Waals surface area contributed by atoms with Gasteiger partial charge in [0.05, 0.1) is 23.3 Å². The number of hydrogen-bond donors (Lipinski definition) is 1. The summed E-state index contributed by atoms with van der Waals surface area (Å²) in [6.07, 6.45) is 3.00. The molecule has 1 amide bonds. The Morgan fingerprint density at radius 1 is 1.11 bits per heavy atom. The first-order valence-corrected chi connectivity index (χ1v) is 10.9. The zero-order valence-corrected chi connectivity index (χ0v) is 17.4. The van der Waals surface area contributed by atoms with Crippen molar-refractivity contribution in [1.29, 1.82) is 0 Å². The van der Waals surface area contributed by atoms with E-state index in [4.69, 9.17) is 16.3 Å². The lowest BCUT2D eigenvalue weighted by Gasteiger charge is -2.27. The van der Waals surface area contributed by atoms with Gasteiger partial charge in [-0.2, -0.15) is 0 Å². The molecule has 3 rings (SSSR count). The van der Waals surface area contributed by atoms with Crippen LogP contribution in [0.4, 0.5) is 5.69 Å². The molecule has 0 atom stereocenters. The van der Waals surface area contributed by atoms with Crippen molar-refractivity contribution in [2.75, 3.05) is 24.9 Å². The number of aryl methyl sites for hydroxylation is 1. The van der Waals surface area contributed by atoms with E-state index in [0.717, 1.165) is 19.3 Å². The van der Waals surface area contributed by atoms with Gasteiger partial charge >= 0.3 is 0 Å². The van der Waals surface area contributed by atoms with Crippen LogP contribution in [0.25, 0.3) is 0 Å². The van der Waals surface area contributed by atoms with Crippen LogP contribution in [0, 0.1) is 6.92 Å². The van der Waals surface area contributed by atoms with Crippen molar-refractivity contribution in [1.82, 2.24) is 4.90 Å². The van der Waals surface area contributed by atoms with Gasteiger partial charge in [-0.05, 0) is 68.1 Å². The molecule has 1 fully saturated rings. The summed E-state index contributed by atoms with van der Waals surface area (Å²) in [7, 11) is -2.37. The van der Waals surface area contributed by atoms with E-state index in [1.54, 1.807) is 30.0 Å². The SMILES string of the molecule is COc1ccc(S(=O)(=O)Nc2cc(Cl)ccc2C(=O)N2CCCCC2)cc1C. The minimum Gasteiger partial charge on any atom is -0.496 e. The number of halogens is 1. The predicted molar refractivity (Wildman–Crippen MR) is 110 cm³/mol. The monoisotopic (exact) mass is 422 g/mol. The zero-order valence-electron chi connectivity index (χ0n) is 15.9. The van der Waals surface area contributed by atoms with Gasteiger partial charge in [-0.25, -0.2) is 8.42 Å². The van der Waals surface area contributed by atoms with Gasteiger partial charge in [0.15, 0.2) is 0 Å². The van der Waals surface area contributed by atoms with E-state index in [1.165, 1.54) is 25.3 Å². The maximum absolute atomic E-state index is 12.9. The summed E-state index contributed by atoms with van der Waals surface area (Å²) < 4.78 is 33.5. The lowest BCUT2D eigenvalue weighted by Crippen LogP contribution is -2.36. The molecular weight excluding hydrogens is 400 g/mol. The molecular formula is C20H23ClN2O4S. The number of carbonyl (C=O) groups is 1. The van der Waals surface area contributed by atoms with E-state index in [0.29, 0.717) is 35.0 Å². The summed E-state index contributed by atoms with van der Waals surface area (Å²) in [4.78, 5) is 14.8. The highest BCUT2D eigenvalue weighted by atomic mass is 35.5. The van der Waals surface area contributed by atoms with E-state index < -0.39 is 10.0 Å². The molecule has 1 N–H and O–H groups in total. The Labute approximate surface area is 170 Å². The summed E-state index contributed by atoms with van der Waals surface area (Å²) in [5.41, 5.74) is 1.16. The molecule has 1 aliphatic heterocycles. The first-order chi connectivity index (χ1) is 13.3. The van der Waals surface area contributed by atoms with Gasteiger partial charge < -0.3 is 9.64 Å². The number of sulfonamides is 1. The molecule has 1 heterocycles. The number of nitrogens with zero attached hydrogens (tertiary/aromatic N) is 1. The molecule has 0 bridgehead atoms. The van der Waals surface area contributed by atoms with Gasteiger partial charge in [0.1, 0.15) is 5.75 Å². The normalized spacial score (nSPS) is 14.6. The van der Waals surface area contributed by atoms with Crippen LogP contribution in [0.15, 0.2) is 41.3 Å². The Kier molecular flexibility index (Phi) is 6.15. The van der Waals surface area contributed by atoms with E-state index in [1.807, 2.05) is 0 Å². The molecule has 1 aliphatic rings. The van der Waals surface area contributed by atoms with Gasteiger partial charge in [0.2, 0.25) is 0 Å². The van der Waals surface area contributed by atoms with Gasteiger partial charge in [0, 0.05) is 18.1 Å². The van der Waals surface area contributed by atoms with Crippen molar-refractivity contribution in [2.45, 2.75) is 31.1 Å². The van der Waals surface area contributed by atoms with Crippen molar-refractivity contribution in [3.8, 4) is 5.75 Å². The largest absolute Gasteiger partial charge is 0.496 e. The van der Waals surface area contributed by atoms with Crippen LogP contribution in [0.5, 0.6) is 5.75 Å². The van der Waals surface area contributed by atoms with Crippen molar-refractivity contribution in [3.05, 3.63) is 52.5 Å². The second-order valence-corrected chi connectivity index (χ2v) is 8.90. The number of nitrogens with one attached hydrogen (secondary N) is 1. The molecule has 1 saturated heterocycles. The number of anilines is 1. The summed E-state index contributed by atoms with van der Waals surface area (Å²) >= 11 is 6.07. The summed E-state index contributed by atoms with van der Waals surface area (Å²) in [5, 5.41) is 0.346. The van der Waals surface area contributed by atoms with Crippen LogP contribution < -0.4 is 9.46 Å². The molecule has 6 nitrogen and oxygen atoms in total. The summed E-state index contributed by atoms with van der Waals surface area (Å²) in [5.74, 6) is 0.405. The predicted octanol–water partition coefficient (Wildman–Crippen LogP) is 4.08. The standard InChI is InChI=1S/C20H23ClN2O4S/c1-14-12-16(7-9-19(14)27-2)28(25,26)22-18-13-15(21)6-8-17(18)20(24)23-10-4-3-5-11-23/h6-9,12-13,22H,3-5,10-11H2,1-2H3. The average molecular weight is 423 g/mol. The van der Waals surface area contributed by atoms with Crippen molar-refractivity contribution < 1.29 is 17.9 Å². The number of likely N-dealkylation sites (tertiary alicyclic amines) is 1. The molecule has 28 heavy (non-hydrogen) atoms. The second kappa shape index (κ2) is 8.41. The van der Waals surface area contributed by atoms with Crippen molar-refractivity contribution >= 4 is 33.2 Å². The second-order valence-electron chi connectivity index (χ2n) is 6.78. The Bertz CT molecular complexity index is 986. The molecule has 2 aromatic rings. The van der Waals surface area contributed by atoms with Crippen molar-refractivity contribution in [3.63, 3.8) is 0 Å². The average Bonchev–Trinajstić information content (AvgIpc) is 2.68. The topological polar surface area (TPSA) is 75.7 Å². The van der Waals surface area contributed by atoms with Crippen LogP contribution >= 0.6 is 11.6 Å². The molecule has 0 spiro atoms. The number of rotatable bonds is 5. The van der Waals surface area contributed by atoms with Crippen LogP contribution in [-0.2, 0) is 10.0 Å². The van der Waals surface area contributed by atoms with Gasteiger partial charge in [-0.15, -0.1) is 0 Å². The molecule has 0 aromatic heterocycles. The Balaban J connectivity index is 1.93. The quantitative estimate of drug-likeness (QED) is 0.787. The molecule has 0 aliphatic carbocycles. The number of piperidine rings is 1. The third kappa shape index (κ3) is 4.42. The highest BCUT2D eigenvalue weighted by Gasteiger charge is 2.24. The molecule has 0 saturated carbocycles. The maximum atomic E-state index is 12.9. The third-order valence-corrected chi connectivity index (χ3v) is 6.37. The van der Waals surface area contributed by atoms with Crippen LogP contribution in [-0.4, -0.2) is 39.4 Å². The van der Waals surface area contributed by atoms with E-state index in [9.17, 15) is 13.2 Å². The Morgan fingerprint density at radius 2 is 1.82 bits per heavy atom. The number of ether oxygens (including phenoxy) is 1. The number of methoxy groups -OCH3 is 1. The molecule has 0 unspecified atom stereocenters. The van der Waals surface area contributed by atoms with Gasteiger partial charge in [-0.3, -0.25) is 9.52 Å². The zero-order chi connectivity index (χ0) is 20.3. The smallest absolute Gasteiger partial charge is 0.261 e. The van der Waals surface area contributed by atoms with Crippen LogP contribution in [0.3, 0.4) is 0 Å². The van der Waals surface area contributed by atoms with E-state index in [2.05, 4.69) is 4.72 Å². The van der Waals surface area contributed by atoms with Crippen molar-refractivity contribution in [2.24, 2.45) is 0 Å². The lowest BCUT2D eigenvalue weighted by molar-refractivity contribution is 0.0725. The minimum absolute atomic E-state index is 0.0853.